The van der Waals surface area contributed by atoms with Gasteiger partial charge < -0.3 is 10.0 Å². The predicted molar refractivity (Wildman–Crippen MR) is 86.0 cm³/mol. The molecule has 0 bridgehead atoms. The number of nitrogens with one attached hydrogen (secondary N) is 1. The van der Waals surface area contributed by atoms with Gasteiger partial charge in [0.2, 0.25) is 0 Å². The highest BCUT2D eigenvalue weighted by atomic mass is 19.1. The number of aromatic nitrogens is 2. The summed E-state index contributed by atoms with van der Waals surface area (Å²) < 4.78 is 27.8. The van der Waals surface area contributed by atoms with E-state index in [9.17, 15) is 18.7 Å². The monoisotopic (exact) mass is 347 g/mol. The van der Waals surface area contributed by atoms with Gasteiger partial charge in [0.05, 0.1) is 12.1 Å². The van der Waals surface area contributed by atoms with Crippen LogP contribution in [0.4, 0.5) is 8.78 Å². The molecule has 7 heteroatoms. The summed E-state index contributed by atoms with van der Waals surface area (Å²) in [5, 5.41) is 17.1. The first-order valence-electron chi connectivity index (χ1n) is 8.54. The summed E-state index contributed by atoms with van der Waals surface area (Å²) in [6, 6.07) is 2.49. The first-order chi connectivity index (χ1) is 12.0. The number of fused-ring (bicyclic) bond motifs is 1. The molecule has 0 spiro atoms. The SMILES string of the molecule is O=C(c1n[nH]c2c1CCCC2)N1C[C@H](O)C[C@@H]1c1cc(F)ccc1F. The van der Waals surface area contributed by atoms with Gasteiger partial charge in [-0.15, -0.1) is 0 Å². The molecule has 1 amide bonds. The van der Waals surface area contributed by atoms with Crippen molar-refractivity contribution < 1.29 is 18.7 Å². The summed E-state index contributed by atoms with van der Waals surface area (Å²) in [6.07, 6.45) is 3.10. The molecule has 1 aliphatic carbocycles. The lowest BCUT2D eigenvalue weighted by atomic mass is 9.95. The van der Waals surface area contributed by atoms with Crippen molar-refractivity contribution >= 4 is 5.91 Å². The quantitative estimate of drug-likeness (QED) is 0.877. The molecule has 1 aliphatic heterocycles. The van der Waals surface area contributed by atoms with E-state index in [0.717, 1.165) is 55.1 Å². The van der Waals surface area contributed by atoms with E-state index >= 15 is 0 Å². The largest absolute Gasteiger partial charge is 0.391 e. The second kappa shape index (κ2) is 6.22. The molecule has 0 radical (unpaired) electrons. The lowest BCUT2D eigenvalue weighted by Gasteiger charge is -2.25. The highest BCUT2D eigenvalue weighted by Gasteiger charge is 2.39. The maximum Gasteiger partial charge on any atom is 0.275 e. The van der Waals surface area contributed by atoms with Crippen molar-refractivity contribution in [2.45, 2.75) is 44.2 Å². The molecule has 132 valence electrons. The number of hydrogen-bond acceptors (Lipinski definition) is 3. The first kappa shape index (κ1) is 16.2. The number of hydrogen-bond donors (Lipinski definition) is 2. The van der Waals surface area contributed by atoms with E-state index in [1.807, 2.05) is 0 Å². The average Bonchev–Trinajstić information content (AvgIpc) is 3.20. The number of carbonyl (C=O) groups excluding carboxylic acids is 1. The minimum atomic E-state index is -0.772. The smallest absolute Gasteiger partial charge is 0.275 e. The van der Waals surface area contributed by atoms with Gasteiger partial charge in [-0.2, -0.15) is 5.10 Å². The second-order valence-corrected chi connectivity index (χ2v) is 6.77. The van der Waals surface area contributed by atoms with E-state index in [4.69, 9.17) is 0 Å². The summed E-state index contributed by atoms with van der Waals surface area (Å²) in [7, 11) is 0. The molecule has 0 unspecified atom stereocenters. The number of halogens is 2. The van der Waals surface area contributed by atoms with Crippen LogP contribution in [0, 0.1) is 11.6 Å². The Bertz CT molecular complexity index is 821. The van der Waals surface area contributed by atoms with Gasteiger partial charge in [-0.25, -0.2) is 8.78 Å². The summed E-state index contributed by atoms with van der Waals surface area (Å²) in [4.78, 5) is 14.4. The first-order valence-corrected chi connectivity index (χ1v) is 8.54. The number of nitrogens with zero attached hydrogens (tertiary/aromatic N) is 2. The van der Waals surface area contributed by atoms with E-state index in [0.29, 0.717) is 5.69 Å². The van der Waals surface area contributed by atoms with Crippen molar-refractivity contribution in [3.8, 4) is 0 Å². The normalized spacial score (nSPS) is 22.9. The zero-order chi connectivity index (χ0) is 17.6. The number of aromatic amines is 1. The average molecular weight is 347 g/mol. The maximum absolute atomic E-state index is 14.2. The van der Waals surface area contributed by atoms with Crippen LogP contribution in [0.2, 0.25) is 0 Å². The highest BCUT2D eigenvalue weighted by Crippen LogP contribution is 2.36. The van der Waals surface area contributed by atoms with Gasteiger partial charge in [-0.3, -0.25) is 9.89 Å². The molecular formula is C18H19F2N3O2. The van der Waals surface area contributed by atoms with E-state index in [1.54, 1.807) is 0 Å². The van der Waals surface area contributed by atoms with Gasteiger partial charge in [0.15, 0.2) is 5.69 Å². The third-order valence-corrected chi connectivity index (χ3v) is 5.12. The van der Waals surface area contributed by atoms with Gasteiger partial charge in [-0.1, -0.05) is 0 Å². The lowest BCUT2D eigenvalue weighted by Crippen LogP contribution is -2.33. The van der Waals surface area contributed by atoms with E-state index in [1.165, 1.54) is 4.90 Å². The van der Waals surface area contributed by atoms with Gasteiger partial charge >= 0.3 is 0 Å². The van der Waals surface area contributed by atoms with Crippen molar-refractivity contribution in [3.05, 3.63) is 52.3 Å². The molecular weight excluding hydrogens is 328 g/mol. The zero-order valence-electron chi connectivity index (χ0n) is 13.6. The van der Waals surface area contributed by atoms with Crippen LogP contribution in [0.5, 0.6) is 0 Å². The Labute approximate surface area is 143 Å². The predicted octanol–water partition coefficient (Wildman–Crippen LogP) is 2.51. The van der Waals surface area contributed by atoms with E-state index < -0.39 is 23.8 Å². The molecule has 25 heavy (non-hydrogen) atoms. The molecule has 1 aromatic heterocycles. The van der Waals surface area contributed by atoms with E-state index in [-0.39, 0.29) is 24.4 Å². The number of likely N-dealkylation sites (tertiary alicyclic amines) is 1. The van der Waals surface area contributed by atoms with Crippen LogP contribution >= 0.6 is 0 Å². The Balaban J connectivity index is 1.69. The molecule has 4 rings (SSSR count). The number of benzene rings is 1. The fourth-order valence-corrected chi connectivity index (χ4v) is 3.90. The third-order valence-electron chi connectivity index (χ3n) is 5.12. The lowest BCUT2D eigenvalue weighted by molar-refractivity contribution is 0.0706. The van der Waals surface area contributed by atoms with Crippen molar-refractivity contribution in [1.29, 1.82) is 0 Å². The molecule has 2 aromatic rings. The van der Waals surface area contributed by atoms with Crippen LogP contribution in [0.25, 0.3) is 0 Å². The van der Waals surface area contributed by atoms with Crippen LogP contribution in [-0.4, -0.2) is 38.8 Å². The van der Waals surface area contributed by atoms with Gasteiger partial charge in [0.1, 0.15) is 11.6 Å². The number of amides is 1. The molecule has 1 aromatic carbocycles. The molecule has 2 heterocycles. The number of aliphatic hydroxyl groups is 1. The number of aryl methyl sites for hydroxylation is 1. The van der Waals surface area contributed by atoms with Crippen LogP contribution < -0.4 is 0 Å². The Morgan fingerprint density at radius 3 is 2.92 bits per heavy atom. The summed E-state index contributed by atoms with van der Waals surface area (Å²) in [5.74, 6) is -1.49. The maximum atomic E-state index is 14.2. The van der Waals surface area contributed by atoms with Crippen molar-refractivity contribution in [1.82, 2.24) is 15.1 Å². The fourth-order valence-electron chi connectivity index (χ4n) is 3.90. The minimum absolute atomic E-state index is 0.0844. The molecule has 2 aliphatic rings. The number of aliphatic hydroxyl groups excluding tert-OH is 1. The van der Waals surface area contributed by atoms with Crippen molar-refractivity contribution in [2.24, 2.45) is 0 Å². The summed E-state index contributed by atoms with van der Waals surface area (Å²) >= 11 is 0. The fraction of sp³-hybridized carbons (Fsp3) is 0.444. The molecule has 2 atom stereocenters. The van der Waals surface area contributed by atoms with E-state index in [2.05, 4.69) is 10.2 Å². The zero-order valence-corrected chi connectivity index (χ0v) is 13.6. The van der Waals surface area contributed by atoms with Gasteiger partial charge in [0.25, 0.3) is 5.91 Å². The molecule has 0 saturated carbocycles. The van der Waals surface area contributed by atoms with Gasteiger partial charge in [0, 0.05) is 23.4 Å². The molecule has 5 nitrogen and oxygen atoms in total. The molecule has 1 saturated heterocycles. The van der Waals surface area contributed by atoms with Crippen LogP contribution in [0.1, 0.15) is 52.6 Å². The molecule has 1 fully saturated rings. The second-order valence-electron chi connectivity index (χ2n) is 6.77. The Morgan fingerprint density at radius 1 is 1.28 bits per heavy atom. The van der Waals surface area contributed by atoms with Gasteiger partial charge in [-0.05, 0) is 50.3 Å². The minimum Gasteiger partial charge on any atom is -0.391 e. The standard InChI is InChI=1S/C18H19F2N3O2/c19-10-5-6-14(20)13(7-10)16-8-11(24)9-23(16)18(25)17-12-3-1-2-4-15(12)21-22-17/h5-7,11,16,24H,1-4,8-9H2,(H,21,22)/t11-,16-/m1/s1. The highest BCUT2D eigenvalue weighted by molar-refractivity contribution is 5.94. The number of H-pyrrole nitrogens is 1. The topological polar surface area (TPSA) is 69.2 Å². The van der Waals surface area contributed by atoms with Crippen LogP contribution in [0.3, 0.4) is 0 Å². The third kappa shape index (κ3) is 2.82. The van der Waals surface area contributed by atoms with Crippen molar-refractivity contribution in [3.63, 3.8) is 0 Å². The van der Waals surface area contributed by atoms with Crippen molar-refractivity contribution in [2.75, 3.05) is 6.54 Å². The van der Waals surface area contributed by atoms with Crippen LogP contribution in [0.15, 0.2) is 18.2 Å². The Hall–Kier alpha value is -2.28. The molecule has 2 N–H and O–H groups in total. The van der Waals surface area contributed by atoms with Crippen LogP contribution in [-0.2, 0) is 12.8 Å². The number of β-amino-alcohol motifs (C(OH)–C–C–N with tert-alkyl or cyclic N) is 1. The Kier molecular flexibility index (Phi) is 4.03. The summed E-state index contributed by atoms with van der Waals surface area (Å²) in [5.41, 5.74) is 2.32. The number of rotatable bonds is 2. The Morgan fingerprint density at radius 2 is 2.08 bits per heavy atom. The summed E-state index contributed by atoms with van der Waals surface area (Å²) in [6.45, 7) is 0.0844. The number of carbonyl (C=O) groups is 1.